The van der Waals surface area contributed by atoms with Crippen LogP contribution in [0.4, 0.5) is 0 Å². The summed E-state index contributed by atoms with van der Waals surface area (Å²) in [4.78, 5) is 25.6. The topological polar surface area (TPSA) is 62.5 Å². The predicted molar refractivity (Wildman–Crippen MR) is 88.2 cm³/mol. The predicted octanol–water partition coefficient (Wildman–Crippen LogP) is 2.58. The van der Waals surface area contributed by atoms with Crippen LogP contribution >= 0.6 is 0 Å². The third kappa shape index (κ3) is 2.60. The zero-order valence-corrected chi connectivity index (χ0v) is 13.6. The summed E-state index contributed by atoms with van der Waals surface area (Å²) in [5.41, 5.74) is 1.23. The number of benzene rings is 1. The van der Waals surface area contributed by atoms with E-state index in [1.165, 1.54) is 0 Å². The number of rotatable bonds is 4. The van der Waals surface area contributed by atoms with Crippen molar-refractivity contribution in [1.82, 2.24) is 9.47 Å². The minimum atomic E-state index is -1.05. The van der Waals surface area contributed by atoms with Crippen molar-refractivity contribution < 1.29 is 14.7 Å². The van der Waals surface area contributed by atoms with Gasteiger partial charge in [0.05, 0.1) is 0 Å². The molecule has 0 spiro atoms. The molecule has 1 aromatic heterocycles. The van der Waals surface area contributed by atoms with E-state index >= 15 is 0 Å². The molecule has 0 bridgehead atoms. The molecule has 2 heterocycles. The number of hydrogen-bond acceptors (Lipinski definition) is 2. The average Bonchev–Trinajstić information content (AvgIpc) is 3.08. The highest BCUT2D eigenvalue weighted by molar-refractivity contribution is 5.88. The summed E-state index contributed by atoms with van der Waals surface area (Å²) in [5.74, 6) is -0.978. The zero-order valence-electron chi connectivity index (χ0n) is 13.6. The van der Waals surface area contributed by atoms with Crippen LogP contribution in [0.1, 0.15) is 31.7 Å². The van der Waals surface area contributed by atoms with Crippen LogP contribution in [0.25, 0.3) is 10.9 Å². The molecule has 1 unspecified atom stereocenters. The maximum Gasteiger partial charge on any atom is 0.329 e. The number of nitrogens with zero attached hydrogens (tertiary/aromatic N) is 2. The van der Waals surface area contributed by atoms with Crippen LogP contribution in [-0.4, -0.2) is 38.5 Å². The molecular weight excluding hydrogens is 292 g/mol. The van der Waals surface area contributed by atoms with E-state index in [0.29, 0.717) is 25.8 Å². The molecule has 23 heavy (non-hydrogen) atoms. The summed E-state index contributed by atoms with van der Waals surface area (Å²) < 4.78 is 2.06. The first-order chi connectivity index (χ1) is 10.9. The highest BCUT2D eigenvalue weighted by atomic mass is 16.4. The summed E-state index contributed by atoms with van der Waals surface area (Å²) in [6.07, 6.45) is 4.31. The third-order valence-electron chi connectivity index (χ3n) is 4.99. The fourth-order valence-electron chi connectivity index (χ4n) is 3.59. The van der Waals surface area contributed by atoms with E-state index in [0.717, 1.165) is 22.9 Å². The lowest BCUT2D eigenvalue weighted by Crippen LogP contribution is -2.50. The van der Waals surface area contributed by atoms with Gasteiger partial charge in [-0.1, -0.05) is 18.2 Å². The number of aliphatic carboxylic acids is 1. The molecular formula is C18H22N2O3. The van der Waals surface area contributed by atoms with Gasteiger partial charge in [0.1, 0.15) is 5.54 Å². The lowest BCUT2D eigenvalue weighted by atomic mass is 9.98. The molecule has 2 aromatic rings. The third-order valence-corrected chi connectivity index (χ3v) is 4.99. The lowest BCUT2D eigenvalue weighted by Gasteiger charge is -2.31. The second kappa shape index (κ2) is 5.72. The highest BCUT2D eigenvalue weighted by Gasteiger charge is 2.45. The van der Waals surface area contributed by atoms with Gasteiger partial charge in [-0.15, -0.1) is 0 Å². The van der Waals surface area contributed by atoms with Gasteiger partial charge >= 0.3 is 5.97 Å². The maximum absolute atomic E-state index is 12.5. The summed E-state index contributed by atoms with van der Waals surface area (Å²) >= 11 is 0. The van der Waals surface area contributed by atoms with Gasteiger partial charge in [-0.25, -0.2) is 4.79 Å². The van der Waals surface area contributed by atoms with Crippen molar-refractivity contribution >= 4 is 22.8 Å². The Labute approximate surface area is 135 Å². The van der Waals surface area contributed by atoms with E-state index in [9.17, 15) is 14.7 Å². The van der Waals surface area contributed by atoms with Gasteiger partial charge < -0.3 is 14.6 Å². The standard InChI is InChI=1S/C18H22N2O3/c1-18(17(22)23)10-5-11-20(18)16(21)9-8-13-12-19(2)15-7-4-3-6-14(13)15/h3-4,6-7,12H,5,8-11H2,1-2H3,(H,22,23). The van der Waals surface area contributed by atoms with Crippen molar-refractivity contribution in [3.63, 3.8) is 0 Å². The minimum absolute atomic E-state index is 0.0691. The number of carboxylic acid groups (broad SMARTS) is 1. The van der Waals surface area contributed by atoms with E-state index in [-0.39, 0.29) is 5.91 Å². The molecule has 5 nitrogen and oxygen atoms in total. The van der Waals surface area contributed by atoms with Gasteiger partial charge in [0.2, 0.25) is 5.91 Å². The lowest BCUT2D eigenvalue weighted by molar-refractivity contribution is -0.155. The monoisotopic (exact) mass is 314 g/mol. The Morgan fingerprint density at radius 3 is 2.78 bits per heavy atom. The maximum atomic E-state index is 12.5. The van der Waals surface area contributed by atoms with Crippen LogP contribution in [-0.2, 0) is 23.1 Å². The van der Waals surface area contributed by atoms with E-state index in [2.05, 4.69) is 22.9 Å². The van der Waals surface area contributed by atoms with Crippen molar-refractivity contribution in [1.29, 1.82) is 0 Å². The Morgan fingerprint density at radius 1 is 1.30 bits per heavy atom. The normalized spacial score (nSPS) is 21.0. The number of para-hydroxylation sites is 1. The molecule has 5 heteroatoms. The van der Waals surface area contributed by atoms with Crippen LogP contribution < -0.4 is 0 Å². The molecule has 0 aliphatic carbocycles. The molecule has 0 saturated carbocycles. The molecule has 1 aromatic carbocycles. The molecule has 3 rings (SSSR count). The quantitative estimate of drug-likeness (QED) is 0.943. The molecule has 0 radical (unpaired) electrons. The number of aryl methyl sites for hydroxylation is 2. The molecule has 1 aliphatic rings. The summed E-state index contributed by atoms with van der Waals surface area (Å²) in [7, 11) is 2.00. The molecule has 1 aliphatic heterocycles. The van der Waals surface area contributed by atoms with Crippen LogP contribution in [0.3, 0.4) is 0 Å². The fourth-order valence-corrected chi connectivity index (χ4v) is 3.59. The van der Waals surface area contributed by atoms with E-state index < -0.39 is 11.5 Å². The highest BCUT2D eigenvalue weighted by Crippen LogP contribution is 2.30. The first kappa shape index (κ1) is 15.6. The van der Waals surface area contributed by atoms with Crippen molar-refractivity contribution in [2.24, 2.45) is 7.05 Å². The van der Waals surface area contributed by atoms with Crippen LogP contribution in [0.5, 0.6) is 0 Å². The summed E-state index contributed by atoms with van der Waals surface area (Å²) in [5, 5.41) is 10.6. The van der Waals surface area contributed by atoms with Crippen LogP contribution in [0.2, 0.25) is 0 Å². The van der Waals surface area contributed by atoms with Crippen molar-refractivity contribution in [3.8, 4) is 0 Å². The number of carbonyl (C=O) groups excluding carboxylic acids is 1. The van der Waals surface area contributed by atoms with Crippen LogP contribution in [0.15, 0.2) is 30.5 Å². The van der Waals surface area contributed by atoms with E-state index in [4.69, 9.17) is 0 Å². The van der Waals surface area contributed by atoms with Gasteiger partial charge in [-0.2, -0.15) is 0 Å². The van der Waals surface area contributed by atoms with Gasteiger partial charge in [-0.3, -0.25) is 4.79 Å². The fraction of sp³-hybridized carbons (Fsp3) is 0.444. The second-order valence-electron chi connectivity index (χ2n) is 6.51. The smallest absolute Gasteiger partial charge is 0.329 e. The SMILES string of the molecule is Cn1cc(CCC(=O)N2CCCC2(C)C(=O)O)c2ccccc21. The van der Waals surface area contributed by atoms with E-state index in [1.807, 2.05) is 19.2 Å². The van der Waals surface area contributed by atoms with Gasteiger partial charge in [-0.05, 0) is 37.8 Å². The van der Waals surface area contributed by atoms with Crippen molar-refractivity contribution in [2.75, 3.05) is 6.54 Å². The number of hydrogen-bond donors (Lipinski definition) is 1. The summed E-state index contributed by atoms with van der Waals surface area (Å²) in [6, 6.07) is 8.12. The number of aromatic nitrogens is 1. The van der Waals surface area contributed by atoms with Crippen LogP contribution in [0, 0.1) is 0 Å². The first-order valence-corrected chi connectivity index (χ1v) is 8.00. The number of amides is 1. The Kier molecular flexibility index (Phi) is 3.88. The molecule has 1 N–H and O–H groups in total. The van der Waals surface area contributed by atoms with Gasteiger partial charge in [0.25, 0.3) is 0 Å². The second-order valence-corrected chi connectivity index (χ2v) is 6.51. The Morgan fingerprint density at radius 2 is 2.04 bits per heavy atom. The number of likely N-dealkylation sites (tertiary alicyclic amines) is 1. The Bertz CT molecular complexity index is 765. The molecule has 1 saturated heterocycles. The number of fused-ring (bicyclic) bond motifs is 1. The molecule has 1 amide bonds. The van der Waals surface area contributed by atoms with Gasteiger partial charge in [0.15, 0.2) is 0 Å². The minimum Gasteiger partial charge on any atom is -0.480 e. The summed E-state index contributed by atoms with van der Waals surface area (Å²) in [6.45, 7) is 2.19. The Hall–Kier alpha value is -2.30. The van der Waals surface area contributed by atoms with E-state index in [1.54, 1.807) is 11.8 Å². The van der Waals surface area contributed by atoms with Gasteiger partial charge in [0, 0.05) is 37.1 Å². The molecule has 1 atom stereocenters. The Balaban J connectivity index is 1.75. The van der Waals surface area contributed by atoms with Crippen molar-refractivity contribution in [3.05, 3.63) is 36.0 Å². The molecule has 1 fully saturated rings. The zero-order chi connectivity index (χ0) is 16.6. The average molecular weight is 314 g/mol. The number of carbonyl (C=O) groups is 2. The first-order valence-electron chi connectivity index (χ1n) is 8.00. The largest absolute Gasteiger partial charge is 0.480 e. The van der Waals surface area contributed by atoms with Crippen molar-refractivity contribution in [2.45, 2.75) is 38.1 Å². The molecule has 122 valence electrons. The number of carboxylic acids is 1.